The zero-order valence-corrected chi connectivity index (χ0v) is 8.59. The normalized spacial score (nSPS) is 13.6. The maximum Gasteiger partial charge on any atom is 0.336 e. The molecule has 0 spiro atoms. The first-order valence-corrected chi connectivity index (χ1v) is 4.73. The van der Waals surface area contributed by atoms with E-state index in [9.17, 15) is 9.59 Å². The summed E-state index contributed by atoms with van der Waals surface area (Å²) in [5.74, 6) is -1.10. The lowest BCUT2D eigenvalue weighted by Crippen LogP contribution is -2.03. The Balaban J connectivity index is 2.55. The van der Waals surface area contributed by atoms with E-state index in [0.29, 0.717) is 10.2 Å². The van der Waals surface area contributed by atoms with Crippen LogP contribution in [0, 0.1) is 0 Å². The van der Waals surface area contributed by atoms with Crippen molar-refractivity contribution in [3.8, 4) is 0 Å². The Morgan fingerprint density at radius 3 is 2.86 bits per heavy atom. The molecule has 1 aromatic carbocycles. The number of carbonyl (C=O) groups is 2. The highest BCUT2D eigenvalue weighted by atomic mass is 79.9. The molecule has 72 valence electrons. The van der Waals surface area contributed by atoms with Crippen LogP contribution < -0.4 is 5.32 Å². The van der Waals surface area contributed by atoms with Gasteiger partial charge in [-0.1, -0.05) is 0 Å². The van der Waals surface area contributed by atoms with Gasteiger partial charge in [0.15, 0.2) is 0 Å². The maximum atomic E-state index is 11.0. The number of hydrogen-bond donors (Lipinski definition) is 2. The summed E-state index contributed by atoms with van der Waals surface area (Å²) in [5, 5.41) is 11.5. The molecule has 1 amide bonds. The van der Waals surface area contributed by atoms with Crippen LogP contribution in [0.2, 0.25) is 0 Å². The molecule has 0 unspecified atom stereocenters. The van der Waals surface area contributed by atoms with Gasteiger partial charge in [-0.2, -0.15) is 0 Å². The summed E-state index contributed by atoms with van der Waals surface area (Å²) in [4.78, 5) is 21.8. The van der Waals surface area contributed by atoms with Crippen LogP contribution in [-0.2, 0) is 11.2 Å². The van der Waals surface area contributed by atoms with Crippen molar-refractivity contribution in [1.29, 1.82) is 0 Å². The minimum Gasteiger partial charge on any atom is -0.478 e. The van der Waals surface area contributed by atoms with E-state index in [2.05, 4.69) is 21.2 Å². The fraction of sp³-hybridized carbons (Fsp3) is 0.111. The molecule has 1 aliphatic heterocycles. The summed E-state index contributed by atoms with van der Waals surface area (Å²) in [6, 6.07) is 3.13. The molecular weight excluding hydrogens is 250 g/mol. The zero-order valence-electron chi connectivity index (χ0n) is 7.00. The number of carbonyl (C=O) groups excluding carboxylic acids is 1. The van der Waals surface area contributed by atoms with Gasteiger partial charge in [-0.3, -0.25) is 4.79 Å². The number of nitrogens with one attached hydrogen (secondary N) is 1. The van der Waals surface area contributed by atoms with Crippen LogP contribution in [0.1, 0.15) is 15.9 Å². The van der Waals surface area contributed by atoms with E-state index in [4.69, 9.17) is 5.11 Å². The molecule has 0 saturated heterocycles. The molecule has 0 atom stereocenters. The van der Waals surface area contributed by atoms with Gasteiger partial charge < -0.3 is 10.4 Å². The molecule has 0 saturated carbocycles. The van der Waals surface area contributed by atoms with Crippen molar-refractivity contribution in [2.75, 3.05) is 5.32 Å². The predicted octanol–water partition coefficient (Wildman–Crippen LogP) is 1.64. The summed E-state index contributed by atoms with van der Waals surface area (Å²) in [5.41, 5.74) is 1.60. The highest BCUT2D eigenvalue weighted by Crippen LogP contribution is 2.29. The minimum atomic E-state index is -1.00. The molecule has 2 N–H and O–H groups in total. The van der Waals surface area contributed by atoms with Gasteiger partial charge in [-0.15, -0.1) is 0 Å². The Labute approximate surface area is 88.1 Å². The van der Waals surface area contributed by atoms with Crippen molar-refractivity contribution >= 4 is 33.5 Å². The summed E-state index contributed by atoms with van der Waals surface area (Å²) in [6.07, 6.45) is 0.253. The summed E-state index contributed by atoms with van der Waals surface area (Å²) >= 11 is 3.14. The van der Waals surface area contributed by atoms with Crippen LogP contribution in [0.25, 0.3) is 0 Å². The summed E-state index contributed by atoms with van der Waals surface area (Å²) in [7, 11) is 0. The Kier molecular flexibility index (Phi) is 2.03. The van der Waals surface area contributed by atoms with Crippen LogP contribution in [-0.4, -0.2) is 17.0 Å². The quantitative estimate of drug-likeness (QED) is 0.802. The van der Waals surface area contributed by atoms with Crippen molar-refractivity contribution in [3.63, 3.8) is 0 Å². The number of fused-ring (bicyclic) bond motifs is 1. The van der Waals surface area contributed by atoms with Crippen LogP contribution in [0.5, 0.6) is 0 Å². The largest absolute Gasteiger partial charge is 0.478 e. The van der Waals surface area contributed by atoms with E-state index >= 15 is 0 Å². The van der Waals surface area contributed by atoms with Gasteiger partial charge in [0.2, 0.25) is 5.91 Å². The molecule has 5 heteroatoms. The lowest BCUT2D eigenvalue weighted by atomic mass is 10.1. The van der Waals surface area contributed by atoms with Gasteiger partial charge >= 0.3 is 5.97 Å². The van der Waals surface area contributed by atoms with Gasteiger partial charge in [0.1, 0.15) is 0 Å². The lowest BCUT2D eigenvalue weighted by Gasteiger charge is -2.02. The number of carboxylic acids is 1. The fourth-order valence-electron chi connectivity index (χ4n) is 1.41. The van der Waals surface area contributed by atoms with E-state index in [1.807, 2.05) is 0 Å². The van der Waals surface area contributed by atoms with Crippen molar-refractivity contribution in [2.45, 2.75) is 6.42 Å². The first-order valence-electron chi connectivity index (χ1n) is 3.93. The molecule has 14 heavy (non-hydrogen) atoms. The molecule has 0 aromatic heterocycles. The highest BCUT2D eigenvalue weighted by Gasteiger charge is 2.21. The monoisotopic (exact) mass is 255 g/mol. The molecule has 0 radical (unpaired) electrons. The highest BCUT2D eigenvalue weighted by molar-refractivity contribution is 9.10. The Hall–Kier alpha value is -1.36. The zero-order chi connectivity index (χ0) is 10.3. The van der Waals surface area contributed by atoms with Gasteiger partial charge in [0.05, 0.1) is 12.0 Å². The van der Waals surface area contributed by atoms with E-state index in [1.165, 1.54) is 6.07 Å². The van der Waals surface area contributed by atoms with Crippen molar-refractivity contribution in [1.82, 2.24) is 0 Å². The fourth-order valence-corrected chi connectivity index (χ4v) is 1.92. The molecule has 1 aromatic rings. The van der Waals surface area contributed by atoms with Crippen molar-refractivity contribution in [2.24, 2.45) is 0 Å². The summed E-state index contributed by atoms with van der Waals surface area (Å²) < 4.78 is 0.478. The molecule has 2 rings (SSSR count). The molecular formula is C9H6BrNO3. The van der Waals surface area contributed by atoms with E-state index in [1.54, 1.807) is 6.07 Å². The lowest BCUT2D eigenvalue weighted by molar-refractivity contribution is -0.115. The number of aromatic carboxylic acids is 1. The van der Waals surface area contributed by atoms with Crippen LogP contribution in [0.4, 0.5) is 5.69 Å². The third-order valence-electron chi connectivity index (χ3n) is 2.05. The van der Waals surface area contributed by atoms with E-state index in [-0.39, 0.29) is 17.9 Å². The van der Waals surface area contributed by atoms with E-state index < -0.39 is 5.97 Å². The first-order chi connectivity index (χ1) is 6.58. The number of amides is 1. The van der Waals surface area contributed by atoms with Gasteiger partial charge in [0, 0.05) is 10.2 Å². The molecule has 1 heterocycles. The third-order valence-corrected chi connectivity index (χ3v) is 2.70. The second kappa shape index (κ2) is 3.09. The minimum absolute atomic E-state index is 0.102. The number of anilines is 1. The number of halogens is 1. The maximum absolute atomic E-state index is 11.0. The van der Waals surface area contributed by atoms with Gasteiger partial charge in [0.25, 0.3) is 0 Å². The first kappa shape index (κ1) is 9.21. The van der Waals surface area contributed by atoms with Gasteiger partial charge in [-0.25, -0.2) is 4.79 Å². The van der Waals surface area contributed by atoms with Gasteiger partial charge in [-0.05, 0) is 33.6 Å². The molecule has 1 aliphatic rings. The average molecular weight is 256 g/mol. The Morgan fingerprint density at radius 1 is 1.50 bits per heavy atom. The number of rotatable bonds is 1. The molecule has 4 nitrogen and oxygen atoms in total. The summed E-state index contributed by atoms with van der Waals surface area (Å²) in [6.45, 7) is 0. The predicted molar refractivity (Wildman–Crippen MR) is 53.4 cm³/mol. The van der Waals surface area contributed by atoms with Crippen LogP contribution in [0.3, 0.4) is 0 Å². The Morgan fingerprint density at radius 2 is 2.21 bits per heavy atom. The average Bonchev–Trinajstić information content (AvgIpc) is 2.42. The van der Waals surface area contributed by atoms with Crippen molar-refractivity contribution in [3.05, 3.63) is 27.7 Å². The molecule has 0 bridgehead atoms. The van der Waals surface area contributed by atoms with E-state index in [0.717, 1.165) is 5.56 Å². The van der Waals surface area contributed by atoms with Crippen LogP contribution >= 0.6 is 15.9 Å². The van der Waals surface area contributed by atoms with Crippen LogP contribution in [0.15, 0.2) is 16.6 Å². The second-order valence-electron chi connectivity index (χ2n) is 3.02. The topological polar surface area (TPSA) is 66.4 Å². The number of carboxylic acid groups (broad SMARTS) is 1. The number of benzene rings is 1. The molecule has 0 fully saturated rings. The smallest absolute Gasteiger partial charge is 0.336 e. The standard InChI is InChI=1S/C9H6BrNO3/c10-6-3-7-4(2-8(12)11-7)1-5(6)9(13)14/h1,3H,2H2,(H,11,12)(H,13,14). The van der Waals surface area contributed by atoms with Crippen molar-refractivity contribution < 1.29 is 14.7 Å². The third kappa shape index (κ3) is 1.39. The number of hydrogen-bond acceptors (Lipinski definition) is 2. The Bertz CT molecular complexity index is 442. The molecule has 0 aliphatic carbocycles. The SMILES string of the molecule is O=C1Cc2cc(C(=O)O)c(Br)cc2N1. The second-order valence-corrected chi connectivity index (χ2v) is 3.87.